The Balaban J connectivity index is 3.10. The quantitative estimate of drug-likeness (QED) is 0.328. The van der Waals surface area contributed by atoms with E-state index in [1.54, 1.807) is 6.07 Å². The van der Waals surface area contributed by atoms with Gasteiger partial charge in [-0.05, 0) is 6.07 Å². The Hall–Kier alpha value is -0.920. The molecular weight excluding hydrogens is 126 g/mol. The standard InChI is InChI=1S/C6H8B2O2/c1-3(9)5-2-4(7)6(8)10-5/h2H,7-8H2,1H3. The molecule has 0 aliphatic rings. The van der Waals surface area contributed by atoms with Gasteiger partial charge < -0.3 is 4.42 Å². The second kappa shape index (κ2) is 2.37. The van der Waals surface area contributed by atoms with Crippen LogP contribution >= 0.6 is 0 Å². The predicted molar refractivity (Wildman–Crippen MR) is 45.1 cm³/mol. The van der Waals surface area contributed by atoms with E-state index >= 15 is 0 Å². The first kappa shape index (κ1) is 7.19. The minimum Gasteiger partial charge on any atom is -0.470 e. The molecule has 1 heterocycles. The van der Waals surface area contributed by atoms with E-state index in [2.05, 4.69) is 0 Å². The van der Waals surface area contributed by atoms with Crippen molar-refractivity contribution in [2.75, 3.05) is 0 Å². The van der Waals surface area contributed by atoms with E-state index in [-0.39, 0.29) is 5.78 Å². The molecule has 0 aliphatic carbocycles. The number of hydrogen-bond donors (Lipinski definition) is 0. The Morgan fingerprint density at radius 1 is 1.60 bits per heavy atom. The molecule has 50 valence electrons. The van der Waals surface area contributed by atoms with Crippen molar-refractivity contribution in [3.8, 4) is 0 Å². The van der Waals surface area contributed by atoms with Gasteiger partial charge in [0.05, 0.1) is 0 Å². The second-order valence-electron chi connectivity index (χ2n) is 2.41. The van der Waals surface area contributed by atoms with E-state index < -0.39 is 0 Å². The molecule has 0 saturated heterocycles. The fraction of sp³-hybridized carbons (Fsp3) is 0.167. The monoisotopic (exact) mass is 134 g/mol. The van der Waals surface area contributed by atoms with Crippen LogP contribution < -0.4 is 11.1 Å². The summed E-state index contributed by atoms with van der Waals surface area (Å²) in [5.74, 6) is 0.436. The molecule has 0 fully saturated rings. The van der Waals surface area contributed by atoms with Gasteiger partial charge in [-0.1, -0.05) is 5.46 Å². The molecule has 4 heteroatoms. The average molecular weight is 134 g/mol. The van der Waals surface area contributed by atoms with Crippen LogP contribution in [0, 0.1) is 0 Å². The minimum absolute atomic E-state index is 0.0174. The summed E-state index contributed by atoms with van der Waals surface area (Å²) in [7, 11) is 3.77. The highest BCUT2D eigenvalue weighted by Gasteiger charge is 2.05. The SMILES string of the molecule is Bc1cc(C(C)=O)oc1B. The fourth-order valence-electron chi connectivity index (χ4n) is 0.747. The van der Waals surface area contributed by atoms with E-state index in [4.69, 9.17) is 4.42 Å². The molecule has 2 nitrogen and oxygen atoms in total. The van der Waals surface area contributed by atoms with Crippen molar-refractivity contribution in [2.45, 2.75) is 6.92 Å². The van der Waals surface area contributed by atoms with Crippen molar-refractivity contribution >= 4 is 32.6 Å². The molecule has 0 unspecified atom stereocenters. The van der Waals surface area contributed by atoms with Crippen molar-refractivity contribution in [2.24, 2.45) is 0 Å². The number of rotatable bonds is 1. The Morgan fingerprint density at radius 2 is 2.20 bits per heavy atom. The van der Waals surface area contributed by atoms with Gasteiger partial charge in [-0.25, -0.2) is 0 Å². The predicted octanol–water partition coefficient (Wildman–Crippen LogP) is -2.00. The fourth-order valence-corrected chi connectivity index (χ4v) is 0.747. The van der Waals surface area contributed by atoms with Crippen LogP contribution in [0.5, 0.6) is 0 Å². The molecule has 0 aliphatic heterocycles. The largest absolute Gasteiger partial charge is 0.470 e. The number of furan rings is 1. The molecule has 1 rings (SSSR count). The second-order valence-corrected chi connectivity index (χ2v) is 2.41. The van der Waals surface area contributed by atoms with Crippen molar-refractivity contribution in [1.82, 2.24) is 0 Å². The number of hydrogen-bond acceptors (Lipinski definition) is 2. The highest BCUT2D eigenvalue weighted by Crippen LogP contribution is 1.94. The van der Waals surface area contributed by atoms with E-state index in [0.717, 1.165) is 11.1 Å². The van der Waals surface area contributed by atoms with Gasteiger partial charge >= 0.3 is 0 Å². The van der Waals surface area contributed by atoms with Crippen molar-refractivity contribution in [3.63, 3.8) is 0 Å². The summed E-state index contributed by atoms with van der Waals surface area (Å²) in [6, 6.07) is 1.76. The summed E-state index contributed by atoms with van der Waals surface area (Å²) in [5, 5.41) is 0. The first-order valence-corrected chi connectivity index (χ1v) is 3.19. The van der Waals surface area contributed by atoms with Crippen LogP contribution in [-0.2, 0) is 0 Å². The molecule has 0 N–H and O–H groups in total. The van der Waals surface area contributed by atoms with Crippen LogP contribution in [0.3, 0.4) is 0 Å². The number of carbonyl (C=O) groups is 1. The van der Waals surface area contributed by atoms with Gasteiger partial charge in [0.15, 0.2) is 19.4 Å². The Morgan fingerprint density at radius 3 is 2.40 bits per heavy atom. The van der Waals surface area contributed by atoms with Gasteiger partial charge in [-0.2, -0.15) is 0 Å². The topological polar surface area (TPSA) is 30.2 Å². The molecule has 0 atom stereocenters. The van der Waals surface area contributed by atoms with E-state index in [1.807, 2.05) is 15.7 Å². The third-order valence-corrected chi connectivity index (χ3v) is 1.51. The maximum atomic E-state index is 10.7. The first-order valence-electron chi connectivity index (χ1n) is 3.19. The van der Waals surface area contributed by atoms with Gasteiger partial charge in [-0.3, -0.25) is 4.79 Å². The van der Waals surface area contributed by atoms with Crippen molar-refractivity contribution in [3.05, 3.63) is 11.8 Å². The van der Waals surface area contributed by atoms with Crippen LogP contribution in [0.1, 0.15) is 17.5 Å². The average Bonchev–Trinajstić information content (AvgIpc) is 2.13. The summed E-state index contributed by atoms with van der Waals surface area (Å²) >= 11 is 0. The van der Waals surface area contributed by atoms with Gasteiger partial charge in [0, 0.05) is 12.6 Å². The molecule has 0 aromatic carbocycles. The summed E-state index contributed by atoms with van der Waals surface area (Å²) in [5.41, 5.74) is 1.86. The maximum absolute atomic E-state index is 10.7. The molecule has 0 radical (unpaired) electrons. The van der Waals surface area contributed by atoms with Crippen LogP contribution in [0.15, 0.2) is 10.5 Å². The molecule has 0 bridgehead atoms. The van der Waals surface area contributed by atoms with Crippen LogP contribution in [0.4, 0.5) is 0 Å². The molecule has 1 aromatic rings. The van der Waals surface area contributed by atoms with Gasteiger partial charge in [0.2, 0.25) is 0 Å². The highest BCUT2D eigenvalue weighted by molar-refractivity contribution is 6.47. The van der Waals surface area contributed by atoms with E-state index in [0.29, 0.717) is 5.76 Å². The van der Waals surface area contributed by atoms with Crippen LogP contribution in [-0.4, -0.2) is 21.5 Å². The Bertz CT molecular complexity index is 245. The van der Waals surface area contributed by atoms with Crippen LogP contribution in [0.2, 0.25) is 0 Å². The summed E-state index contributed by atoms with van der Waals surface area (Å²) in [6.45, 7) is 1.50. The summed E-state index contributed by atoms with van der Waals surface area (Å²) in [6.07, 6.45) is 0. The minimum atomic E-state index is -0.0174. The molecule has 0 spiro atoms. The molecular formula is C6H8B2O2. The van der Waals surface area contributed by atoms with Gasteiger partial charge in [0.1, 0.15) is 7.85 Å². The third-order valence-electron chi connectivity index (χ3n) is 1.51. The van der Waals surface area contributed by atoms with Gasteiger partial charge in [0.25, 0.3) is 0 Å². The lowest BCUT2D eigenvalue weighted by atomic mass is 9.88. The van der Waals surface area contributed by atoms with Crippen LogP contribution in [0.25, 0.3) is 0 Å². The van der Waals surface area contributed by atoms with E-state index in [9.17, 15) is 4.79 Å². The Labute approximate surface area is 61.4 Å². The van der Waals surface area contributed by atoms with Crippen molar-refractivity contribution < 1.29 is 9.21 Å². The van der Waals surface area contributed by atoms with Crippen molar-refractivity contribution in [1.29, 1.82) is 0 Å². The molecule has 0 amide bonds. The lowest BCUT2D eigenvalue weighted by Crippen LogP contribution is -2.19. The summed E-state index contributed by atoms with van der Waals surface area (Å²) in [4.78, 5) is 10.7. The zero-order chi connectivity index (χ0) is 7.72. The highest BCUT2D eigenvalue weighted by atomic mass is 16.3. The Kier molecular flexibility index (Phi) is 1.70. The zero-order valence-electron chi connectivity index (χ0n) is 6.39. The number of Topliss-reactive ketones (excluding diaryl/α,β-unsaturated/α-hetero) is 1. The first-order chi connectivity index (χ1) is 4.61. The normalized spacial score (nSPS) is 9.70. The zero-order valence-corrected chi connectivity index (χ0v) is 6.39. The lowest BCUT2D eigenvalue weighted by Gasteiger charge is -1.84. The van der Waals surface area contributed by atoms with Gasteiger partial charge in [-0.15, -0.1) is 0 Å². The van der Waals surface area contributed by atoms with E-state index in [1.165, 1.54) is 6.92 Å². The molecule has 10 heavy (non-hydrogen) atoms. The molecule has 1 aromatic heterocycles. The summed E-state index contributed by atoms with van der Waals surface area (Å²) < 4.78 is 5.13. The lowest BCUT2D eigenvalue weighted by molar-refractivity contribution is 0.0989. The smallest absolute Gasteiger partial charge is 0.194 e. The third kappa shape index (κ3) is 1.15. The molecule has 0 saturated carbocycles. The maximum Gasteiger partial charge on any atom is 0.194 e. The number of ketones is 1. The number of carbonyl (C=O) groups excluding carboxylic acids is 1.